The Labute approximate surface area is 400 Å². The van der Waals surface area contributed by atoms with E-state index in [-0.39, 0.29) is 5.41 Å². The topological polar surface area (TPSA) is 8.17 Å². The highest BCUT2D eigenvalue weighted by Crippen LogP contribution is 2.67. The lowest BCUT2D eigenvalue weighted by atomic mass is 9.47. The van der Waals surface area contributed by atoms with Crippen LogP contribution in [0.3, 0.4) is 0 Å². The molecule has 10 aromatic rings. The lowest BCUT2D eigenvalue weighted by Crippen LogP contribution is -2.51. The first-order valence-electron chi connectivity index (χ1n) is 25.2. The van der Waals surface area contributed by atoms with Gasteiger partial charge in [0, 0.05) is 38.8 Å². The maximum atomic E-state index is 2.67. The minimum atomic E-state index is 0.0262. The number of fused-ring (bicyclic) bond motifs is 7. The van der Waals surface area contributed by atoms with E-state index < -0.39 is 0 Å². The Morgan fingerprint density at radius 2 is 0.971 bits per heavy atom. The van der Waals surface area contributed by atoms with Gasteiger partial charge in [0.15, 0.2) is 0 Å². The van der Waals surface area contributed by atoms with Crippen LogP contribution in [-0.2, 0) is 5.41 Å². The number of hydrogen-bond acceptors (Lipinski definition) is 1. The molecule has 1 aromatic heterocycles. The summed E-state index contributed by atoms with van der Waals surface area (Å²) < 4.78 is 2.46. The molecule has 6 aliphatic carbocycles. The number of aromatic nitrogens is 1. The molecular weight excluding hydrogens is 821 g/mol. The Kier molecular flexibility index (Phi) is 9.26. The highest BCUT2D eigenvalue weighted by molar-refractivity contribution is 6.09. The lowest BCUT2D eigenvalue weighted by molar-refractivity contribution is -0.00958. The zero-order chi connectivity index (χ0) is 44.8. The lowest BCUT2D eigenvalue weighted by Gasteiger charge is -2.57. The third kappa shape index (κ3) is 6.02. The number of rotatable bonds is 7. The van der Waals surface area contributed by atoms with E-state index in [1.165, 1.54) is 123 Å². The normalized spacial score (nSPS) is 21.2. The SMILES string of the molecule is c1ccc(-c2ccccc2-c2ccccc2-c2ccccc2N(c2cccc(-n3c4ccccc4c4ccccc43)c2)c2ccc3c(c2)C2(CC4CCCC5CCC4CC52)c2ccccc2-3)cc1. The molecule has 0 aliphatic heterocycles. The van der Waals surface area contributed by atoms with Gasteiger partial charge >= 0.3 is 0 Å². The summed E-state index contributed by atoms with van der Waals surface area (Å²) in [6.45, 7) is 0. The number of para-hydroxylation sites is 3. The molecule has 5 saturated carbocycles. The standard InChI is InChI=1S/C66H54N2/c1-2-18-44(19-3-1)51-24-4-5-25-52(51)53-26-6-7-27-54(53)57-29-9-13-33-63(57)67(48-22-17-23-49(41-48)68-64-34-14-10-30-58(64)59-31-11-15-35-65(59)68)50-38-39-56-55-28-8-12-32-60(55)66(62(56)42-50)43-47-21-16-20-45-36-37-46(47)40-61(45)66/h1-15,17-19,22-35,38-39,41-42,45-47,61H,16,20-21,36-37,40,43H2. The van der Waals surface area contributed by atoms with Crippen molar-refractivity contribution in [2.75, 3.05) is 4.90 Å². The van der Waals surface area contributed by atoms with Crippen LogP contribution in [0.5, 0.6) is 0 Å². The average Bonchev–Trinajstić information content (AvgIpc) is 3.88. The molecule has 1 spiro atoms. The summed E-state index contributed by atoms with van der Waals surface area (Å²) in [6.07, 6.45) is 9.65. The smallest absolute Gasteiger partial charge is 0.0541 e. The van der Waals surface area contributed by atoms with Crippen LogP contribution in [0.15, 0.2) is 218 Å². The minimum Gasteiger partial charge on any atom is -0.310 e. The second kappa shape index (κ2) is 15.8. The molecule has 4 bridgehead atoms. The van der Waals surface area contributed by atoms with Gasteiger partial charge in [-0.2, -0.15) is 0 Å². The van der Waals surface area contributed by atoms with E-state index in [0.29, 0.717) is 5.92 Å². The third-order valence-corrected chi connectivity index (χ3v) is 17.1. The van der Waals surface area contributed by atoms with Crippen LogP contribution in [-0.4, -0.2) is 4.57 Å². The highest BCUT2D eigenvalue weighted by atomic mass is 15.1. The summed E-state index contributed by atoms with van der Waals surface area (Å²) in [5, 5.41) is 2.54. The molecule has 5 fully saturated rings. The molecule has 9 aromatic carbocycles. The van der Waals surface area contributed by atoms with E-state index in [0.717, 1.165) is 29.1 Å². The van der Waals surface area contributed by atoms with Crippen LogP contribution in [0.1, 0.15) is 56.1 Å². The monoisotopic (exact) mass is 874 g/mol. The molecular formula is C66H54N2. The third-order valence-electron chi connectivity index (χ3n) is 17.1. The van der Waals surface area contributed by atoms with Crippen molar-refractivity contribution in [1.29, 1.82) is 0 Å². The summed E-state index contributed by atoms with van der Waals surface area (Å²) in [5.41, 5.74) is 20.5. The Balaban J connectivity index is 1.01. The van der Waals surface area contributed by atoms with Crippen molar-refractivity contribution in [3.05, 3.63) is 230 Å². The summed E-state index contributed by atoms with van der Waals surface area (Å²) in [5.74, 6) is 3.11. The first-order valence-corrected chi connectivity index (χ1v) is 25.2. The predicted molar refractivity (Wildman–Crippen MR) is 284 cm³/mol. The van der Waals surface area contributed by atoms with Gasteiger partial charge in [0.2, 0.25) is 0 Å². The number of benzene rings is 9. The fourth-order valence-corrected chi connectivity index (χ4v) is 14.3. The maximum Gasteiger partial charge on any atom is 0.0541 e. The van der Waals surface area contributed by atoms with E-state index in [2.05, 4.69) is 228 Å². The van der Waals surface area contributed by atoms with Crippen LogP contribution in [0.25, 0.3) is 72.0 Å². The first kappa shape index (κ1) is 39.7. The van der Waals surface area contributed by atoms with E-state index >= 15 is 0 Å². The van der Waals surface area contributed by atoms with Gasteiger partial charge in [-0.25, -0.2) is 0 Å². The van der Waals surface area contributed by atoms with Gasteiger partial charge in [-0.15, -0.1) is 0 Å². The second-order valence-corrected chi connectivity index (χ2v) is 20.3. The van der Waals surface area contributed by atoms with Gasteiger partial charge < -0.3 is 9.47 Å². The Morgan fingerprint density at radius 3 is 1.75 bits per heavy atom. The van der Waals surface area contributed by atoms with Crippen LogP contribution >= 0.6 is 0 Å². The van der Waals surface area contributed by atoms with Crippen molar-refractivity contribution < 1.29 is 0 Å². The van der Waals surface area contributed by atoms with Crippen molar-refractivity contribution in [3.8, 4) is 50.2 Å². The van der Waals surface area contributed by atoms with Crippen molar-refractivity contribution in [3.63, 3.8) is 0 Å². The van der Waals surface area contributed by atoms with Crippen LogP contribution in [0.2, 0.25) is 0 Å². The molecule has 328 valence electrons. The second-order valence-electron chi connectivity index (χ2n) is 20.3. The van der Waals surface area contributed by atoms with E-state index in [4.69, 9.17) is 0 Å². The molecule has 2 nitrogen and oxygen atoms in total. The molecule has 0 radical (unpaired) electrons. The fraction of sp³-hybridized carbons (Fsp3) is 0.182. The zero-order valence-corrected chi connectivity index (χ0v) is 38.4. The van der Waals surface area contributed by atoms with Crippen LogP contribution in [0, 0.1) is 23.7 Å². The van der Waals surface area contributed by atoms with Crippen molar-refractivity contribution in [1.82, 2.24) is 4.57 Å². The van der Waals surface area contributed by atoms with Gasteiger partial charge in [-0.3, -0.25) is 0 Å². The summed E-state index contributed by atoms with van der Waals surface area (Å²) >= 11 is 0. The number of hydrogen-bond donors (Lipinski definition) is 0. The average molecular weight is 875 g/mol. The van der Waals surface area contributed by atoms with Gasteiger partial charge in [-0.05, 0) is 148 Å². The summed E-state index contributed by atoms with van der Waals surface area (Å²) in [7, 11) is 0. The first-order chi connectivity index (χ1) is 33.7. The fourth-order valence-electron chi connectivity index (χ4n) is 14.3. The van der Waals surface area contributed by atoms with E-state index in [1.54, 1.807) is 11.1 Å². The molecule has 1 heterocycles. The largest absolute Gasteiger partial charge is 0.310 e. The quantitative estimate of drug-likeness (QED) is 0.155. The van der Waals surface area contributed by atoms with Crippen molar-refractivity contribution >= 4 is 38.9 Å². The Morgan fingerprint density at radius 1 is 0.397 bits per heavy atom. The molecule has 68 heavy (non-hydrogen) atoms. The van der Waals surface area contributed by atoms with Crippen LogP contribution in [0.4, 0.5) is 17.1 Å². The van der Waals surface area contributed by atoms with Gasteiger partial charge in [0.1, 0.15) is 0 Å². The van der Waals surface area contributed by atoms with Crippen molar-refractivity contribution in [2.24, 2.45) is 23.7 Å². The number of anilines is 3. The Hall–Kier alpha value is -7.42. The maximum absolute atomic E-state index is 2.67. The molecule has 5 unspecified atom stereocenters. The van der Waals surface area contributed by atoms with Crippen LogP contribution < -0.4 is 4.90 Å². The zero-order valence-electron chi connectivity index (χ0n) is 38.4. The minimum absolute atomic E-state index is 0.0262. The molecule has 0 saturated heterocycles. The molecule has 16 rings (SSSR count). The summed E-state index contributed by atoms with van der Waals surface area (Å²) in [4.78, 5) is 2.59. The molecule has 0 N–H and O–H groups in total. The van der Waals surface area contributed by atoms with Gasteiger partial charge in [-0.1, -0.05) is 189 Å². The predicted octanol–water partition coefficient (Wildman–Crippen LogP) is 17.8. The van der Waals surface area contributed by atoms with E-state index in [9.17, 15) is 0 Å². The number of nitrogens with zero attached hydrogens (tertiary/aromatic N) is 2. The Bertz CT molecular complexity index is 3500. The molecule has 2 heteroatoms. The van der Waals surface area contributed by atoms with Gasteiger partial charge in [0.05, 0.1) is 16.7 Å². The van der Waals surface area contributed by atoms with E-state index in [1.807, 2.05) is 0 Å². The molecule has 5 atom stereocenters. The molecule has 6 aliphatic rings. The highest BCUT2D eigenvalue weighted by Gasteiger charge is 2.58. The van der Waals surface area contributed by atoms with Gasteiger partial charge in [0.25, 0.3) is 0 Å². The summed E-state index contributed by atoms with van der Waals surface area (Å²) in [6, 6.07) is 82.2. The molecule has 0 amide bonds. The van der Waals surface area contributed by atoms with Crippen molar-refractivity contribution in [2.45, 2.75) is 50.4 Å².